The van der Waals surface area contributed by atoms with Gasteiger partial charge in [-0.25, -0.2) is 4.98 Å². The molecule has 4 heterocycles. The maximum Gasteiger partial charge on any atom is 0.263 e. The Hall–Kier alpha value is -1.21. The number of aliphatic hydroxyl groups is 7. The zero-order valence-electron chi connectivity index (χ0n) is 21.2. The van der Waals surface area contributed by atoms with E-state index in [1.165, 1.54) is 20.8 Å². The predicted molar refractivity (Wildman–Crippen MR) is 138 cm³/mol. The maximum absolute atomic E-state index is 13.4. The maximum atomic E-state index is 13.4. The first kappa shape index (κ1) is 29.3. The van der Waals surface area contributed by atoms with Crippen molar-refractivity contribution in [2.45, 2.75) is 105 Å². The average Bonchev–Trinajstić information content (AvgIpc) is 3.31. The van der Waals surface area contributed by atoms with E-state index in [4.69, 9.17) is 19.2 Å². The number of aliphatic hydroxyl groups excluding tert-OH is 7. The van der Waals surface area contributed by atoms with Gasteiger partial charge in [0.25, 0.3) is 5.56 Å². The SMILES string of the molecule is CCn1c(S[C@@H]2O[C@@H](CO)[C@H](O[C@H]3O[C@@H](CO)[C@@H](O)[C@@H](O)[C@@H]3O)[C@@H](O)[C@@H]2O)nc2sc3c(c2c1=O)CCCC3. The zero-order chi connectivity index (χ0) is 28.0. The largest absolute Gasteiger partial charge is 0.394 e. The number of fused-ring (bicyclic) bond motifs is 3. The van der Waals surface area contributed by atoms with E-state index in [-0.39, 0.29) is 5.56 Å². The van der Waals surface area contributed by atoms with Gasteiger partial charge in [0.1, 0.15) is 59.1 Å². The summed E-state index contributed by atoms with van der Waals surface area (Å²) in [6, 6.07) is 0. The van der Waals surface area contributed by atoms with Crippen LogP contribution >= 0.6 is 23.1 Å². The number of aryl methyl sites for hydroxylation is 2. The van der Waals surface area contributed by atoms with Gasteiger partial charge in [-0.05, 0) is 38.2 Å². The Balaban J connectivity index is 1.37. The third-order valence-corrected chi connectivity index (χ3v) is 9.87. The molecule has 2 saturated heterocycles. The van der Waals surface area contributed by atoms with Crippen molar-refractivity contribution < 1.29 is 50.0 Å². The molecule has 1 aliphatic carbocycles. The molecule has 0 amide bonds. The van der Waals surface area contributed by atoms with E-state index in [1.54, 1.807) is 0 Å². The fourth-order valence-corrected chi connectivity index (χ4v) is 7.84. The molecule has 2 aliphatic heterocycles. The lowest BCUT2D eigenvalue weighted by Gasteiger charge is -2.45. The van der Waals surface area contributed by atoms with E-state index in [0.29, 0.717) is 21.9 Å². The van der Waals surface area contributed by atoms with Crippen molar-refractivity contribution in [1.82, 2.24) is 9.55 Å². The number of rotatable bonds is 7. The molecule has 13 nitrogen and oxygen atoms in total. The highest BCUT2D eigenvalue weighted by Gasteiger charge is 2.50. The van der Waals surface area contributed by atoms with Gasteiger partial charge in [-0.3, -0.25) is 9.36 Å². The van der Waals surface area contributed by atoms with Crippen LogP contribution in [0.3, 0.4) is 0 Å². The second kappa shape index (κ2) is 12.0. The van der Waals surface area contributed by atoms with Crippen LogP contribution in [0.25, 0.3) is 10.2 Å². The first-order valence-electron chi connectivity index (χ1n) is 13.0. The molecule has 39 heavy (non-hydrogen) atoms. The minimum atomic E-state index is -1.75. The smallest absolute Gasteiger partial charge is 0.263 e. The summed E-state index contributed by atoms with van der Waals surface area (Å²) in [6.07, 6.45) is -9.88. The standard InChI is InChI=1S/C24H34N2O11S2/c1-2-26-21(34)13-9-5-3-4-6-12(9)38-20(13)25-24(26)39-23-18(33)16(31)19(11(8-28)36-23)37-22-17(32)15(30)14(29)10(7-27)35-22/h10-11,14-19,22-23,27-33H,2-8H2,1H3/t10-,11-,14+,15+,16-,17-,18-,19-,22+,23-/m0/s1. The van der Waals surface area contributed by atoms with Crippen LogP contribution < -0.4 is 5.56 Å². The molecule has 2 fully saturated rings. The molecule has 0 saturated carbocycles. The van der Waals surface area contributed by atoms with E-state index in [9.17, 15) is 40.5 Å². The van der Waals surface area contributed by atoms with Gasteiger partial charge in [0.05, 0.1) is 18.6 Å². The van der Waals surface area contributed by atoms with Crippen LogP contribution in [-0.2, 0) is 33.6 Å². The van der Waals surface area contributed by atoms with Gasteiger partial charge in [0.2, 0.25) is 0 Å². The highest BCUT2D eigenvalue weighted by Crippen LogP contribution is 2.38. The molecule has 3 aliphatic rings. The number of nitrogens with zero attached hydrogens (tertiary/aromatic N) is 2. The molecule has 218 valence electrons. The Labute approximate surface area is 231 Å². The van der Waals surface area contributed by atoms with Crippen LogP contribution in [0, 0.1) is 0 Å². The highest BCUT2D eigenvalue weighted by molar-refractivity contribution is 7.99. The van der Waals surface area contributed by atoms with E-state index < -0.39 is 73.8 Å². The summed E-state index contributed by atoms with van der Waals surface area (Å²) in [5.74, 6) is 0. The molecule has 5 rings (SSSR count). The fraction of sp³-hybridized carbons (Fsp3) is 0.750. The van der Waals surface area contributed by atoms with Crippen molar-refractivity contribution in [3.63, 3.8) is 0 Å². The molecule has 0 bridgehead atoms. The number of ether oxygens (including phenoxy) is 3. The number of hydrogen-bond donors (Lipinski definition) is 7. The monoisotopic (exact) mass is 590 g/mol. The second-order valence-corrected chi connectivity index (χ2v) is 12.1. The zero-order valence-corrected chi connectivity index (χ0v) is 22.8. The summed E-state index contributed by atoms with van der Waals surface area (Å²) in [5, 5.41) is 72.6. The van der Waals surface area contributed by atoms with Gasteiger partial charge in [0, 0.05) is 11.4 Å². The van der Waals surface area contributed by atoms with Crippen LogP contribution in [0.5, 0.6) is 0 Å². The van der Waals surface area contributed by atoms with Gasteiger partial charge < -0.3 is 50.0 Å². The number of aromatic nitrogens is 2. The first-order valence-corrected chi connectivity index (χ1v) is 14.7. The quantitative estimate of drug-likeness (QED) is 0.176. The van der Waals surface area contributed by atoms with Gasteiger partial charge in [-0.2, -0.15) is 0 Å². The molecule has 15 heteroatoms. The molecule has 0 radical (unpaired) electrons. The van der Waals surface area contributed by atoms with Crippen molar-refractivity contribution in [2.24, 2.45) is 0 Å². The molecule has 0 spiro atoms. The van der Waals surface area contributed by atoms with Crippen molar-refractivity contribution in [3.8, 4) is 0 Å². The Bertz CT molecular complexity index is 1220. The van der Waals surface area contributed by atoms with Crippen molar-refractivity contribution in [1.29, 1.82) is 0 Å². The Morgan fingerprint density at radius 1 is 0.974 bits per heavy atom. The molecule has 7 N–H and O–H groups in total. The Morgan fingerprint density at radius 3 is 2.38 bits per heavy atom. The number of thiophene rings is 1. The second-order valence-electron chi connectivity index (χ2n) is 9.96. The van der Waals surface area contributed by atoms with Crippen LogP contribution in [0.4, 0.5) is 0 Å². The highest BCUT2D eigenvalue weighted by atomic mass is 32.2. The van der Waals surface area contributed by atoms with Crippen LogP contribution in [0.15, 0.2) is 9.95 Å². The molecule has 10 atom stereocenters. The summed E-state index contributed by atoms with van der Waals surface area (Å²) < 4.78 is 18.3. The summed E-state index contributed by atoms with van der Waals surface area (Å²) >= 11 is 2.44. The molecular weight excluding hydrogens is 556 g/mol. The van der Waals surface area contributed by atoms with E-state index in [2.05, 4.69) is 0 Å². The third kappa shape index (κ3) is 5.29. The molecule has 0 unspecified atom stereocenters. The topological polar surface area (TPSA) is 204 Å². The third-order valence-electron chi connectivity index (χ3n) is 7.54. The van der Waals surface area contributed by atoms with Crippen molar-refractivity contribution >= 4 is 33.3 Å². The van der Waals surface area contributed by atoms with E-state index >= 15 is 0 Å². The Kier molecular flexibility index (Phi) is 8.98. The molecule has 2 aromatic heterocycles. The molecule has 2 aromatic rings. The lowest BCUT2D eigenvalue weighted by atomic mass is 9.97. The lowest BCUT2D eigenvalue weighted by Crippen LogP contribution is -2.64. The van der Waals surface area contributed by atoms with Crippen molar-refractivity contribution in [3.05, 3.63) is 20.8 Å². The first-order chi connectivity index (χ1) is 18.7. The number of hydrogen-bond acceptors (Lipinski definition) is 14. The normalized spacial score (nSPS) is 37.2. The summed E-state index contributed by atoms with van der Waals surface area (Å²) in [6.45, 7) is 0.814. The van der Waals surface area contributed by atoms with Crippen molar-refractivity contribution in [2.75, 3.05) is 13.2 Å². The van der Waals surface area contributed by atoms with E-state index in [1.807, 2.05) is 6.92 Å². The summed E-state index contributed by atoms with van der Waals surface area (Å²) in [5.41, 5.74) is -0.239. The van der Waals surface area contributed by atoms with Crippen LogP contribution in [0.2, 0.25) is 0 Å². The van der Waals surface area contributed by atoms with Gasteiger partial charge in [-0.1, -0.05) is 11.8 Å². The summed E-state index contributed by atoms with van der Waals surface area (Å²) in [7, 11) is 0. The van der Waals surface area contributed by atoms with Gasteiger partial charge in [0.15, 0.2) is 11.4 Å². The molecule has 0 aromatic carbocycles. The predicted octanol–water partition coefficient (Wildman–Crippen LogP) is -1.93. The Morgan fingerprint density at radius 2 is 1.69 bits per heavy atom. The lowest BCUT2D eigenvalue weighted by molar-refractivity contribution is -0.338. The minimum absolute atomic E-state index is 0.169. The number of thioether (sulfide) groups is 1. The summed E-state index contributed by atoms with van der Waals surface area (Å²) in [4.78, 5) is 19.9. The minimum Gasteiger partial charge on any atom is -0.394 e. The fourth-order valence-electron chi connectivity index (χ4n) is 5.35. The van der Waals surface area contributed by atoms with Crippen LogP contribution in [0.1, 0.15) is 30.2 Å². The van der Waals surface area contributed by atoms with Gasteiger partial charge in [-0.15, -0.1) is 11.3 Å². The molecular formula is C24H34N2O11S2. The van der Waals surface area contributed by atoms with Crippen LogP contribution in [-0.4, -0.2) is 119 Å². The van der Waals surface area contributed by atoms with Gasteiger partial charge >= 0.3 is 0 Å². The van der Waals surface area contributed by atoms with E-state index in [0.717, 1.165) is 43.0 Å². The average molecular weight is 591 g/mol.